The molecule has 16 heavy (non-hydrogen) atoms. The van der Waals surface area contributed by atoms with Crippen LogP contribution in [0.5, 0.6) is 0 Å². The number of carbonyl (C=O) groups is 1. The molecule has 0 bridgehead atoms. The second kappa shape index (κ2) is 6.24. The summed E-state index contributed by atoms with van der Waals surface area (Å²) >= 11 is 0. The lowest BCUT2D eigenvalue weighted by Gasteiger charge is -2.18. The molecule has 3 heteroatoms. The van der Waals surface area contributed by atoms with Gasteiger partial charge in [0.25, 0.3) is 0 Å². The van der Waals surface area contributed by atoms with Crippen LogP contribution < -0.4 is 5.32 Å². The number of hydrogen-bond acceptors (Lipinski definition) is 2. The predicted molar refractivity (Wildman–Crippen MR) is 67.4 cm³/mol. The van der Waals surface area contributed by atoms with Crippen LogP contribution in [0, 0.1) is 5.41 Å². The van der Waals surface area contributed by atoms with Crippen molar-refractivity contribution in [3.05, 3.63) is 0 Å². The molecular formula is C13H26N2O. The monoisotopic (exact) mass is 226 g/mol. The molecule has 94 valence electrons. The molecule has 1 aliphatic heterocycles. The fraction of sp³-hybridized carbons (Fsp3) is 0.923. The van der Waals surface area contributed by atoms with Gasteiger partial charge in [-0.05, 0) is 37.8 Å². The molecule has 0 aromatic rings. The molecule has 1 rings (SSSR count). The van der Waals surface area contributed by atoms with Gasteiger partial charge in [-0.3, -0.25) is 4.79 Å². The topological polar surface area (TPSA) is 32.3 Å². The van der Waals surface area contributed by atoms with Gasteiger partial charge in [0, 0.05) is 19.5 Å². The van der Waals surface area contributed by atoms with Gasteiger partial charge in [0.1, 0.15) is 0 Å². The van der Waals surface area contributed by atoms with Crippen molar-refractivity contribution >= 4 is 5.91 Å². The van der Waals surface area contributed by atoms with E-state index in [2.05, 4.69) is 31.0 Å². The number of carbonyl (C=O) groups excluding carboxylic acids is 1. The molecule has 1 N–H and O–H groups in total. The predicted octanol–water partition coefficient (Wildman–Crippen LogP) is 2.02. The maximum absolute atomic E-state index is 11.5. The van der Waals surface area contributed by atoms with Crippen LogP contribution in [0.15, 0.2) is 0 Å². The summed E-state index contributed by atoms with van der Waals surface area (Å²) < 4.78 is 0. The van der Waals surface area contributed by atoms with Gasteiger partial charge in [0.05, 0.1) is 0 Å². The number of hydrogen-bond donors (Lipinski definition) is 1. The van der Waals surface area contributed by atoms with Crippen molar-refractivity contribution in [3.8, 4) is 0 Å². The van der Waals surface area contributed by atoms with Gasteiger partial charge in [-0.1, -0.05) is 20.8 Å². The van der Waals surface area contributed by atoms with E-state index in [4.69, 9.17) is 0 Å². The summed E-state index contributed by atoms with van der Waals surface area (Å²) in [5.74, 6) is 0.203. The highest BCUT2D eigenvalue weighted by Gasteiger charge is 2.13. The van der Waals surface area contributed by atoms with Crippen molar-refractivity contribution in [2.24, 2.45) is 5.41 Å². The van der Waals surface area contributed by atoms with Crippen LogP contribution in [0.2, 0.25) is 0 Å². The molecule has 1 fully saturated rings. The zero-order valence-electron chi connectivity index (χ0n) is 11.0. The van der Waals surface area contributed by atoms with E-state index < -0.39 is 0 Å². The molecule has 3 nitrogen and oxygen atoms in total. The minimum Gasteiger partial charge on any atom is -0.355 e. The summed E-state index contributed by atoms with van der Waals surface area (Å²) in [6.07, 6.45) is 4.25. The Kier molecular flexibility index (Phi) is 5.26. The third-order valence-electron chi connectivity index (χ3n) is 3.05. The van der Waals surface area contributed by atoms with Gasteiger partial charge < -0.3 is 10.2 Å². The first kappa shape index (κ1) is 13.5. The van der Waals surface area contributed by atoms with E-state index in [9.17, 15) is 4.79 Å². The summed E-state index contributed by atoms with van der Waals surface area (Å²) in [5, 5.41) is 3.00. The van der Waals surface area contributed by atoms with E-state index in [-0.39, 0.29) is 11.3 Å². The second-order valence-corrected chi connectivity index (χ2v) is 5.96. The normalized spacial score (nSPS) is 17.7. The van der Waals surface area contributed by atoms with Crippen molar-refractivity contribution in [1.82, 2.24) is 10.2 Å². The van der Waals surface area contributed by atoms with Gasteiger partial charge in [0.2, 0.25) is 5.91 Å². The molecule has 1 amide bonds. The molecule has 0 aromatic heterocycles. The fourth-order valence-electron chi connectivity index (χ4n) is 1.94. The number of nitrogens with one attached hydrogen (secondary N) is 1. The largest absolute Gasteiger partial charge is 0.355 e. The Labute approximate surface area is 99.6 Å². The first-order chi connectivity index (χ1) is 7.47. The molecule has 1 heterocycles. The molecule has 0 unspecified atom stereocenters. The highest BCUT2D eigenvalue weighted by atomic mass is 16.1. The Morgan fingerprint density at radius 1 is 1.25 bits per heavy atom. The van der Waals surface area contributed by atoms with Crippen LogP contribution in [0.3, 0.4) is 0 Å². The lowest BCUT2D eigenvalue weighted by Crippen LogP contribution is -2.33. The van der Waals surface area contributed by atoms with E-state index in [1.54, 1.807) is 0 Å². The Morgan fingerprint density at radius 2 is 1.88 bits per heavy atom. The SMILES string of the molecule is CC(C)(C)CCC(=O)NCCN1CCCC1. The van der Waals surface area contributed by atoms with E-state index in [0.717, 1.165) is 19.5 Å². The van der Waals surface area contributed by atoms with Crippen molar-refractivity contribution in [3.63, 3.8) is 0 Å². The Bertz CT molecular complexity index is 214. The molecular weight excluding hydrogens is 200 g/mol. The smallest absolute Gasteiger partial charge is 0.220 e. The molecule has 0 radical (unpaired) electrons. The van der Waals surface area contributed by atoms with Crippen LogP contribution in [0.1, 0.15) is 46.5 Å². The highest BCUT2D eigenvalue weighted by Crippen LogP contribution is 2.20. The standard InChI is InChI=1S/C13H26N2O/c1-13(2,3)7-6-12(16)14-8-11-15-9-4-5-10-15/h4-11H2,1-3H3,(H,14,16). The first-order valence-electron chi connectivity index (χ1n) is 6.46. The number of nitrogens with zero attached hydrogens (tertiary/aromatic N) is 1. The van der Waals surface area contributed by atoms with Gasteiger partial charge >= 0.3 is 0 Å². The number of rotatable bonds is 5. The molecule has 0 aliphatic carbocycles. The molecule has 0 atom stereocenters. The van der Waals surface area contributed by atoms with Crippen LogP contribution in [-0.4, -0.2) is 37.0 Å². The van der Waals surface area contributed by atoms with Crippen molar-refractivity contribution in [2.45, 2.75) is 46.5 Å². The van der Waals surface area contributed by atoms with Gasteiger partial charge in [0.15, 0.2) is 0 Å². The minimum atomic E-state index is 0.203. The van der Waals surface area contributed by atoms with Gasteiger partial charge in [-0.2, -0.15) is 0 Å². The number of amides is 1. The van der Waals surface area contributed by atoms with E-state index >= 15 is 0 Å². The summed E-state index contributed by atoms with van der Waals surface area (Å²) in [7, 11) is 0. The first-order valence-corrected chi connectivity index (χ1v) is 6.46. The molecule has 0 aromatic carbocycles. The minimum absolute atomic E-state index is 0.203. The van der Waals surface area contributed by atoms with Crippen molar-refractivity contribution in [1.29, 1.82) is 0 Å². The van der Waals surface area contributed by atoms with E-state index in [1.165, 1.54) is 25.9 Å². The zero-order valence-corrected chi connectivity index (χ0v) is 11.0. The average molecular weight is 226 g/mol. The van der Waals surface area contributed by atoms with E-state index in [0.29, 0.717) is 6.42 Å². The Balaban J connectivity index is 2.01. The highest BCUT2D eigenvalue weighted by molar-refractivity contribution is 5.75. The maximum Gasteiger partial charge on any atom is 0.220 e. The van der Waals surface area contributed by atoms with Crippen LogP contribution in [0.4, 0.5) is 0 Å². The van der Waals surface area contributed by atoms with Gasteiger partial charge in [-0.15, -0.1) is 0 Å². The fourth-order valence-corrected chi connectivity index (χ4v) is 1.94. The Morgan fingerprint density at radius 3 is 2.44 bits per heavy atom. The lowest BCUT2D eigenvalue weighted by molar-refractivity contribution is -0.121. The summed E-state index contributed by atoms with van der Waals surface area (Å²) in [5.41, 5.74) is 0.256. The molecule has 0 spiro atoms. The summed E-state index contributed by atoms with van der Waals surface area (Å²) in [4.78, 5) is 14.0. The van der Waals surface area contributed by atoms with Gasteiger partial charge in [-0.25, -0.2) is 0 Å². The third-order valence-corrected chi connectivity index (χ3v) is 3.05. The summed E-state index contributed by atoms with van der Waals surface area (Å²) in [6.45, 7) is 10.7. The zero-order chi connectivity index (χ0) is 12.0. The Hall–Kier alpha value is -0.570. The van der Waals surface area contributed by atoms with Crippen LogP contribution >= 0.6 is 0 Å². The summed E-state index contributed by atoms with van der Waals surface area (Å²) in [6, 6.07) is 0. The third kappa shape index (κ3) is 6.11. The second-order valence-electron chi connectivity index (χ2n) is 5.96. The van der Waals surface area contributed by atoms with Crippen LogP contribution in [-0.2, 0) is 4.79 Å². The van der Waals surface area contributed by atoms with Crippen molar-refractivity contribution in [2.75, 3.05) is 26.2 Å². The maximum atomic E-state index is 11.5. The van der Waals surface area contributed by atoms with E-state index in [1.807, 2.05) is 0 Å². The average Bonchev–Trinajstić information content (AvgIpc) is 2.66. The molecule has 0 saturated carbocycles. The van der Waals surface area contributed by atoms with Crippen molar-refractivity contribution < 1.29 is 4.79 Å². The number of likely N-dealkylation sites (tertiary alicyclic amines) is 1. The molecule has 1 aliphatic rings. The van der Waals surface area contributed by atoms with Crippen LogP contribution in [0.25, 0.3) is 0 Å². The molecule has 1 saturated heterocycles. The lowest BCUT2D eigenvalue weighted by atomic mass is 9.90. The quantitative estimate of drug-likeness (QED) is 0.778.